The maximum absolute atomic E-state index is 12.9. The molecule has 0 saturated heterocycles. The van der Waals surface area contributed by atoms with E-state index in [-0.39, 0.29) is 6.61 Å². The Morgan fingerprint density at radius 1 is 1.12 bits per heavy atom. The predicted octanol–water partition coefficient (Wildman–Crippen LogP) is 5.06. The average Bonchev–Trinajstić information content (AvgIpc) is 3.09. The largest absolute Gasteiger partial charge is 0.457 e. The number of carbonyl (C=O) groups is 1. The first kappa shape index (κ1) is 21.8. The van der Waals surface area contributed by atoms with Crippen molar-refractivity contribution in [2.75, 3.05) is 0 Å². The summed E-state index contributed by atoms with van der Waals surface area (Å²) >= 11 is 1.41. The van der Waals surface area contributed by atoms with Crippen LogP contribution in [0.1, 0.15) is 44.1 Å². The lowest BCUT2D eigenvalue weighted by molar-refractivity contribution is 0.0468. The fourth-order valence-corrected chi connectivity index (χ4v) is 4.47. The van der Waals surface area contributed by atoms with Gasteiger partial charge in [-0.25, -0.2) is 14.6 Å². The van der Waals surface area contributed by atoms with Crippen LogP contribution in [0, 0.1) is 27.7 Å². The van der Waals surface area contributed by atoms with Crippen LogP contribution >= 0.6 is 11.8 Å². The maximum atomic E-state index is 12.9. The molecular formula is C24H22N2O5S. The number of esters is 1. The molecule has 4 rings (SSSR count). The number of ether oxygens (including phenoxy) is 1. The quantitative estimate of drug-likeness (QED) is 0.229. The summed E-state index contributed by atoms with van der Waals surface area (Å²) in [4.78, 5) is 29.2. The minimum Gasteiger partial charge on any atom is -0.457 e. The Kier molecular flexibility index (Phi) is 6.14. The van der Waals surface area contributed by atoms with Gasteiger partial charge in [0.25, 0.3) is 0 Å². The summed E-state index contributed by atoms with van der Waals surface area (Å²) in [7, 11) is 0. The molecule has 0 atom stereocenters. The molecule has 0 bridgehead atoms. The Morgan fingerprint density at radius 2 is 1.91 bits per heavy atom. The highest BCUT2D eigenvalue weighted by Gasteiger charge is 2.18. The van der Waals surface area contributed by atoms with Gasteiger partial charge < -0.3 is 13.7 Å². The lowest BCUT2D eigenvalue weighted by Crippen LogP contribution is -2.10. The smallest absolute Gasteiger partial charge is 0.341 e. The van der Waals surface area contributed by atoms with Gasteiger partial charge in [-0.2, -0.15) is 0 Å². The average molecular weight is 451 g/mol. The summed E-state index contributed by atoms with van der Waals surface area (Å²) in [6.45, 7) is 7.61. The van der Waals surface area contributed by atoms with Gasteiger partial charge in [-0.3, -0.25) is 0 Å². The molecule has 0 N–H and O–H groups in total. The van der Waals surface area contributed by atoms with Crippen molar-refractivity contribution in [1.29, 1.82) is 0 Å². The van der Waals surface area contributed by atoms with E-state index >= 15 is 0 Å². The summed E-state index contributed by atoms with van der Waals surface area (Å²) < 4.78 is 16.1. The molecule has 4 aromatic rings. The Bertz CT molecular complexity index is 1350. The van der Waals surface area contributed by atoms with Crippen LogP contribution in [0.2, 0.25) is 0 Å². The van der Waals surface area contributed by atoms with Gasteiger partial charge in [0, 0.05) is 34.5 Å². The normalized spacial score (nSPS) is 11.1. The Balaban J connectivity index is 1.54. The van der Waals surface area contributed by atoms with Gasteiger partial charge in [0.2, 0.25) is 0 Å². The Hall–Kier alpha value is -3.39. The molecule has 0 unspecified atom stereocenters. The summed E-state index contributed by atoms with van der Waals surface area (Å²) in [6.07, 6.45) is 1.63. The van der Waals surface area contributed by atoms with Gasteiger partial charge in [0.05, 0.1) is 11.3 Å². The molecule has 8 heteroatoms. The molecule has 3 aromatic heterocycles. The Morgan fingerprint density at radius 3 is 2.66 bits per heavy atom. The monoisotopic (exact) mass is 450 g/mol. The summed E-state index contributed by atoms with van der Waals surface area (Å²) in [5.41, 5.74) is 4.83. The van der Waals surface area contributed by atoms with Crippen molar-refractivity contribution >= 4 is 28.7 Å². The topological polar surface area (TPSA) is 95.4 Å². The van der Waals surface area contributed by atoms with E-state index in [0.29, 0.717) is 27.5 Å². The number of pyridine rings is 1. The number of nitrogens with zero attached hydrogens (tertiary/aromatic N) is 2. The molecule has 164 valence electrons. The molecule has 0 aliphatic carbocycles. The van der Waals surface area contributed by atoms with E-state index in [0.717, 1.165) is 33.5 Å². The standard InChI is InChI=1S/C24H22N2O5S/c1-13-8-19-17(10-22(27)30-21(19)9-14(13)2)11-29-24(28)18-6-5-7-25-23(18)32-12-20-15(3)26-31-16(20)4/h5-10H,11-12H2,1-4H3. The first-order valence-corrected chi connectivity index (χ1v) is 11.0. The minimum atomic E-state index is -0.510. The number of benzene rings is 1. The highest BCUT2D eigenvalue weighted by molar-refractivity contribution is 7.98. The fourth-order valence-electron chi connectivity index (χ4n) is 3.33. The molecule has 0 aliphatic heterocycles. The van der Waals surface area contributed by atoms with Crippen molar-refractivity contribution in [3.05, 3.63) is 86.2 Å². The maximum Gasteiger partial charge on any atom is 0.341 e. The SMILES string of the molecule is Cc1cc2oc(=O)cc(COC(=O)c3cccnc3SCc3c(C)noc3C)c2cc1C. The first-order chi connectivity index (χ1) is 15.3. The zero-order valence-corrected chi connectivity index (χ0v) is 19.0. The van der Waals surface area contributed by atoms with Crippen molar-refractivity contribution in [2.45, 2.75) is 45.1 Å². The molecule has 0 fully saturated rings. The van der Waals surface area contributed by atoms with Crippen LogP contribution in [-0.2, 0) is 17.1 Å². The second kappa shape index (κ2) is 9.00. The van der Waals surface area contributed by atoms with E-state index in [1.54, 1.807) is 18.3 Å². The second-order valence-corrected chi connectivity index (χ2v) is 8.51. The third kappa shape index (κ3) is 4.45. The molecule has 0 aliphatic rings. The van der Waals surface area contributed by atoms with Crippen LogP contribution in [0.25, 0.3) is 11.0 Å². The number of rotatable bonds is 6. The molecule has 0 spiro atoms. The predicted molar refractivity (Wildman–Crippen MR) is 121 cm³/mol. The number of hydrogen-bond acceptors (Lipinski definition) is 8. The van der Waals surface area contributed by atoms with E-state index in [9.17, 15) is 9.59 Å². The van der Waals surface area contributed by atoms with Crippen LogP contribution < -0.4 is 5.63 Å². The number of fused-ring (bicyclic) bond motifs is 1. The fraction of sp³-hybridized carbons (Fsp3) is 0.250. The third-order valence-corrected chi connectivity index (χ3v) is 6.36. The van der Waals surface area contributed by atoms with Crippen molar-refractivity contribution in [1.82, 2.24) is 10.1 Å². The number of hydrogen-bond donors (Lipinski definition) is 0. The molecule has 1 aromatic carbocycles. The molecule has 0 radical (unpaired) electrons. The number of aryl methyl sites for hydroxylation is 4. The van der Waals surface area contributed by atoms with Gasteiger partial charge in [0.1, 0.15) is 23.0 Å². The highest BCUT2D eigenvalue weighted by atomic mass is 32.2. The van der Waals surface area contributed by atoms with E-state index < -0.39 is 11.6 Å². The number of thioether (sulfide) groups is 1. The first-order valence-electron chi connectivity index (χ1n) is 10.0. The van der Waals surface area contributed by atoms with Gasteiger partial charge in [-0.05, 0) is 63.1 Å². The summed E-state index contributed by atoms with van der Waals surface area (Å²) in [6, 6.07) is 8.49. The second-order valence-electron chi connectivity index (χ2n) is 7.55. The van der Waals surface area contributed by atoms with Gasteiger partial charge >= 0.3 is 11.6 Å². The lowest BCUT2D eigenvalue weighted by atomic mass is 10.0. The zero-order chi connectivity index (χ0) is 22.8. The van der Waals surface area contributed by atoms with Crippen LogP contribution in [0.4, 0.5) is 0 Å². The van der Waals surface area contributed by atoms with E-state index in [1.165, 1.54) is 17.8 Å². The van der Waals surface area contributed by atoms with E-state index in [1.807, 2.05) is 39.8 Å². The van der Waals surface area contributed by atoms with Crippen molar-refractivity contribution in [2.24, 2.45) is 0 Å². The number of aromatic nitrogens is 2. The van der Waals surface area contributed by atoms with E-state index in [4.69, 9.17) is 13.7 Å². The summed E-state index contributed by atoms with van der Waals surface area (Å²) in [5, 5.41) is 5.27. The highest BCUT2D eigenvalue weighted by Crippen LogP contribution is 2.28. The molecule has 7 nitrogen and oxygen atoms in total. The molecule has 32 heavy (non-hydrogen) atoms. The minimum absolute atomic E-state index is 0.0493. The molecule has 0 saturated carbocycles. The third-order valence-electron chi connectivity index (χ3n) is 5.33. The van der Waals surface area contributed by atoms with Crippen LogP contribution in [0.5, 0.6) is 0 Å². The Labute approximate surface area is 188 Å². The molecular weight excluding hydrogens is 428 g/mol. The number of carbonyl (C=O) groups excluding carboxylic acids is 1. The summed E-state index contributed by atoms with van der Waals surface area (Å²) in [5.74, 6) is 0.807. The van der Waals surface area contributed by atoms with Crippen molar-refractivity contribution in [3.63, 3.8) is 0 Å². The van der Waals surface area contributed by atoms with Gasteiger partial charge in [-0.15, -0.1) is 11.8 Å². The van der Waals surface area contributed by atoms with Crippen molar-refractivity contribution < 1.29 is 18.5 Å². The van der Waals surface area contributed by atoms with E-state index in [2.05, 4.69) is 10.1 Å². The van der Waals surface area contributed by atoms with Gasteiger partial charge in [-0.1, -0.05) is 5.16 Å². The van der Waals surface area contributed by atoms with Crippen molar-refractivity contribution in [3.8, 4) is 0 Å². The van der Waals surface area contributed by atoms with Crippen LogP contribution in [-0.4, -0.2) is 16.1 Å². The molecule has 3 heterocycles. The van der Waals surface area contributed by atoms with Crippen LogP contribution in [0.3, 0.4) is 0 Å². The van der Waals surface area contributed by atoms with Gasteiger partial charge in [0.15, 0.2) is 0 Å². The molecule has 0 amide bonds. The van der Waals surface area contributed by atoms with Crippen LogP contribution in [0.15, 0.2) is 55.3 Å². The zero-order valence-electron chi connectivity index (χ0n) is 18.2. The lowest BCUT2D eigenvalue weighted by Gasteiger charge is -2.11.